The molecule has 5 rings (SSSR count). The number of allylic oxidation sites excluding steroid dienone is 2. The van der Waals surface area contributed by atoms with Crippen LogP contribution in [0.2, 0.25) is 0 Å². The highest BCUT2D eigenvalue weighted by Gasteiger charge is 2.67. The van der Waals surface area contributed by atoms with Gasteiger partial charge in [-0.3, -0.25) is 4.79 Å². The van der Waals surface area contributed by atoms with E-state index in [2.05, 4.69) is 47.6 Å². The minimum absolute atomic E-state index is 0.00476. The molecule has 0 spiro atoms. The highest BCUT2D eigenvalue weighted by Crippen LogP contribution is 2.75. The molecule has 3 fully saturated rings. The van der Waals surface area contributed by atoms with Gasteiger partial charge >= 0.3 is 0 Å². The molecule has 0 aliphatic heterocycles. The number of ketones is 1. The average molecular weight is 465 g/mol. The maximum Gasteiger partial charge on any atom is 0.160 e. The lowest BCUT2D eigenvalue weighted by Gasteiger charge is -2.70. The maximum atomic E-state index is 12.7. The predicted molar refractivity (Wildman–Crippen MR) is 137 cm³/mol. The van der Waals surface area contributed by atoms with Crippen LogP contribution in [0, 0.1) is 34.5 Å². The maximum absolute atomic E-state index is 12.7. The van der Waals surface area contributed by atoms with Crippen LogP contribution in [0.25, 0.3) is 0 Å². The Hall–Kier alpha value is -1.77. The molecule has 0 aromatic heterocycles. The number of hydrogen-bond acceptors (Lipinski definition) is 3. The van der Waals surface area contributed by atoms with Gasteiger partial charge < -0.3 is 10.2 Å². The zero-order valence-electron chi connectivity index (χ0n) is 22.6. The van der Waals surface area contributed by atoms with Crippen LogP contribution in [0.15, 0.2) is 17.7 Å². The summed E-state index contributed by atoms with van der Waals surface area (Å²) in [6.07, 6.45) is 10.3. The molecule has 4 aliphatic carbocycles. The van der Waals surface area contributed by atoms with Crippen molar-refractivity contribution >= 4 is 5.78 Å². The Morgan fingerprint density at radius 1 is 0.971 bits per heavy atom. The Labute approximate surface area is 206 Å². The minimum atomic E-state index is -0.201. The Balaban J connectivity index is 1.66. The van der Waals surface area contributed by atoms with Gasteiger partial charge in [-0.05, 0) is 110 Å². The van der Waals surface area contributed by atoms with E-state index in [1.54, 1.807) is 6.92 Å². The van der Waals surface area contributed by atoms with Gasteiger partial charge in [0, 0.05) is 10.8 Å². The lowest BCUT2D eigenvalue weighted by Crippen LogP contribution is -2.62. The number of Topliss-reactive ketones (excluding diaryl/α,β-unsaturated/α-hetero) is 1. The fourth-order valence-electron chi connectivity index (χ4n) is 9.33. The third-order valence-electron chi connectivity index (χ3n) is 12.2. The number of carbonyl (C=O) groups is 1. The van der Waals surface area contributed by atoms with Gasteiger partial charge in [-0.25, -0.2) is 0 Å². The molecule has 3 saturated carbocycles. The van der Waals surface area contributed by atoms with Crippen molar-refractivity contribution < 1.29 is 15.0 Å². The Morgan fingerprint density at radius 2 is 1.62 bits per heavy atom. The summed E-state index contributed by atoms with van der Waals surface area (Å²) >= 11 is 0. The van der Waals surface area contributed by atoms with E-state index in [1.165, 1.54) is 29.5 Å². The van der Waals surface area contributed by atoms with Crippen molar-refractivity contribution in [3.8, 4) is 11.5 Å². The number of hydrogen-bond donors (Lipinski definition) is 2. The van der Waals surface area contributed by atoms with Gasteiger partial charge in [0.25, 0.3) is 0 Å². The molecule has 0 amide bonds. The molecule has 3 heteroatoms. The van der Waals surface area contributed by atoms with Gasteiger partial charge in [-0.1, -0.05) is 53.2 Å². The summed E-state index contributed by atoms with van der Waals surface area (Å²) in [4.78, 5) is 12.7. The first kappa shape index (κ1) is 23.9. The molecule has 7 atom stereocenters. The summed E-state index contributed by atoms with van der Waals surface area (Å²) in [6, 6.07) is 1.85. The average Bonchev–Trinajstić information content (AvgIpc) is 2.77. The lowest BCUT2D eigenvalue weighted by molar-refractivity contribution is -0.165. The third kappa shape index (κ3) is 2.73. The van der Waals surface area contributed by atoms with Crippen molar-refractivity contribution in [1.29, 1.82) is 0 Å². The molecule has 1 unspecified atom stereocenters. The van der Waals surface area contributed by atoms with Crippen LogP contribution in [0.1, 0.15) is 116 Å². The van der Waals surface area contributed by atoms with Gasteiger partial charge in [0.15, 0.2) is 11.5 Å². The fourth-order valence-corrected chi connectivity index (χ4v) is 9.33. The van der Waals surface area contributed by atoms with Gasteiger partial charge in [0.2, 0.25) is 0 Å². The molecule has 0 bridgehead atoms. The van der Waals surface area contributed by atoms with Gasteiger partial charge in [0.05, 0.1) is 0 Å². The molecule has 1 aromatic carbocycles. The molecular formula is C31H44O3. The summed E-state index contributed by atoms with van der Waals surface area (Å²) in [5, 5.41) is 21.1. The number of carbonyl (C=O) groups excluding carboxylic acids is 1. The fraction of sp³-hybridized carbons (Fsp3) is 0.710. The van der Waals surface area contributed by atoms with Crippen molar-refractivity contribution in [2.24, 2.45) is 27.6 Å². The summed E-state index contributed by atoms with van der Waals surface area (Å²) in [5.41, 5.74) is 4.89. The molecule has 4 aliphatic rings. The van der Waals surface area contributed by atoms with E-state index in [9.17, 15) is 15.0 Å². The van der Waals surface area contributed by atoms with Gasteiger partial charge in [-0.15, -0.1) is 0 Å². The number of phenolic OH excluding ortho intramolecular Hbond substituents is 2. The Bertz CT molecular complexity index is 1120. The quantitative estimate of drug-likeness (QED) is 0.330. The summed E-state index contributed by atoms with van der Waals surface area (Å²) in [5.74, 6) is 1.11. The van der Waals surface area contributed by atoms with Crippen molar-refractivity contribution in [1.82, 2.24) is 0 Å². The Morgan fingerprint density at radius 3 is 2.26 bits per heavy atom. The zero-order chi connectivity index (χ0) is 25.1. The summed E-state index contributed by atoms with van der Waals surface area (Å²) < 4.78 is 0. The lowest BCUT2D eigenvalue weighted by atomic mass is 9.34. The van der Waals surface area contributed by atoms with Crippen molar-refractivity contribution in [2.75, 3.05) is 0 Å². The summed E-state index contributed by atoms with van der Waals surface area (Å²) in [7, 11) is 0. The molecule has 3 nitrogen and oxygen atoms in total. The van der Waals surface area contributed by atoms with Crippen LogP contribution >= 0.6 is 0 Å². The summed E-state index contributed by atoms with van der Waals surface area (Å²) in [6.45, 7) is 18.1. The van der Waals surface area contributed by atoms with Gasteiger partial charge in [-0.2, -0.15) is 0 Å². The van der Waals surface area contributed by atoms with Crippen molar-refractivity contribution in [3.63, 3.8) is 0 Å². The highest BCUT2D eigenvalue weighted by molar-refractivity contribution is 5.82. The normalized spacial score (nSPS) is 45.4. The van der Waals surface area contributed by atoms with Crippen molar-refractivity contribution in [2.45, 2.75) is 112 Å². The van der Waals surface area contributed by atoms with Gasteiger partial charge in [0.1, 0.15) is 5.78 Å². The van der Waals surface area contributed by atoms with E-state index < -0.39 is 0 Å². The van der Waals surface area contributed by atoms with Crippen LogP contribution in [0.3, 0.4) is 0 Å². The minimum Gasteiger partial charge on any atom is -0.504 e. The predicted octanol–water partition coefficient (Wildman–Crippen LogP) is 7.71. The van der Waals surface area contributed by atoms with Crippen LogP contribution < -0.4 is 0 Å². The second-order valence-corrected chi connectivity index (χ2v) is 13.8. The SMILES string of the molecule is CC(=O)[C@]1(C)CC[C@]2(C)CC[C@]3(C)C4=CC(C)c5c(cc(O)c(O)c5C)[C@]4(C)CC[C@@]3(C)[C@@H]2C1. The number of aromatic hydroxyl groups is 2. The standard InChI is InChI=1S/C31H44O3/c1-18-15-23-29(6,21-16-22(33)26(34)19(2)25(18)21)12-14-31(8)24-17-28(5,20(3)32)10-9-27(24,4)11-13-30(23,31)7/h15-16,18,24,33-34H,9-14,17H2,1-8H3/t18?,24-,27-,28-,29+,30-,31+/m1/s1. The molecule has 186 valence electrons. The van der Waals surface area contributed by atoms with Crippen LogP contribution in [0.4, 0.5) is 0 Å². The molecular weight excluding hydrogens is 420 g/mol. The second-order valence-electron chi connectivity index (χ2n) is 13.8. The highest BCUT2D eigenvalue weighted by atomic mass is 16.3. The topological polar surface area (TPSA) is 57.5 Å². The van der Waals surface area contributed by atoms with E-state index in [0.29, 0.717) is 17.1 Å². The first-order chi connectivity index (χ1) is 15.6. The zero-order valence-corrected chi connectivity index (χ0v) is 22.6. The first-order valence-electron chi connectivity index (χ1n) is 13.4. The monoisotopic (exact) mass is 464 g/mol. The van der Waals surface area contributed by atoms with Crippen LogP contribution in [-0.4, -0.2) is 16.0 Å². The third-order valence-corrected chi connectivity index (χ3v) is 12.2. The largest absolute Gasteiger partial charge is 0.504 e. The van der Waals surface area contributed by atoms with E-state index in [0.717, 1.165) is 37.7 Å². The smallest absolute Gasteiger partial charge is 0.160 e. The van der Waals surface area contributed by atoms with Crippen LogP contribution in [-0.2, 0) is 10.2 Å². The second kappa shape index (κ2) is 6.92. The first-order valence-corrected chi connectivity index (χ1v) is 13.4. The number of benzene rings is 1. The molecule has 0 saturated heterocycles. The molecule has 0 radical (unpaired) electrons. The van der Waals surface area contributed by atoms with E-state index in [1.807, 2.05) is 13.0 Å². The molecule has 2 N–H and O–H groups in total. The van der Waals surface area contributed by atoms with Crippen LogP contribution in [0.5, 0.6) is 11.5 Å². The molecule has 34 heavy (non-hydrogen) atoms. The van der Waals surface area contributed by atoms with Crippen molar-refractivity contribution in [3.05, 3.63) is 34.4 Å². The number of rotatable bonds is 1. The van der Waals surface area contributed by atoms with E-state index >= 15 is 0 Å². The van der Waals surface area contributed by atoms with E-state index in [-0.39, 0.29) is 39.1 Å². The Kier molecular flexibility index (Phi) is 4.87. The van der Waals surface area contributed by atoms with E-state index in [4.69, 9.17) is 0 Å². The molecule has 1 aromatic rings. The number of phenols is 2. The molecule has 0 heterocycles. The number of fused-ring (bicyclic) bond motifs is 7.